The van der Waals surface area contributed by atoms with Crippen LogP contribution in [0.1, 0.15) is 36.3 Å². The van der Waals surface area contributed by atoms with E-state index < -0.39 is 0 Å². The molecular formula is C28H34N6O4. The lowest BCUT2D eigenvalue weighted by Crippen LogP contribution is -2.54. The molecule has 0 bridgehead atoms. The predicted octanol–water partition coefficient (Wildman–Crippen LogP) is 3.29. The van der Waals surface area contributed by atoms with Crippen molar-refractivity contribution < 1.29 is 19.1 Å². The summed E-state index contributed by atoms with van der Waals surface area (Å²) in [5, 5.41) is 9.31. The number of benzene rings is 1. The highest BCUT2D eigenvalue weighted by Gasteiger charge is 2.42. The van der Waals surface area contributed by atoms with E-state index in [2.05, 4.69) is 32.5 Å². The van der Waals surface area contributed by atoms with Crippen molar-refractivity contribution >= 4 is 17.5 Å². The minimum atomic E-state index is -0.357. The second-order valence-corrected chi connectivity index (χ2v) is 9.23. The molecule has 38 heavy (non-hydrogen) atoms. The lowest BCUT2D eigenvalue weighted by atomic mass is 9.74. The van der Waals surface area contributed by atoms with Gasteiger partial charge in [-0.25, -0.2) is 9.97 Å². The number of hydrogen-bond acceptors (Lipinski definition) is 7. The van der Waals surface area contributed by atoms with E-state index in [0.29, 0.717) is 53.8 Å². The normalized spacial score (nSPS) is 18.2. The Labute approximate surface area is 222 Å². The molecule has 2 aromatic heterocycles. The van der Waals surface area contributed by atoms with Crippen LogP contribution in [0.3, 0.4) is 0 Å². The number of hydrogen-bond donors (Lipinski definition) is 4. The zero-order valence-electron chi connectivity index (χ0n) is 20.7. The number of carbonyl (C=O) groups excluding carboxylic acids is 2. The second kappa shape index (κ2) is 11.6. The maximum Gasteiger partial charge on any atom is 0.253 e. The van der Waals surface area contributed by atoms with Crippen LogP contribution in [-0.4, -0.2) is 66.7 Å². The maximum absolute atomic E-state index is 12.7. The van der Waals surface area contributed by atoms with E-state index in [1.165, 1.54) is 6.08 Å². The lowest BCUT2D eigenvalue weighted by Gasteiger charge is -2.40. The van der Waals surface area contributed by atoms with Crippen molar-refractivity contribution in [3.63, 3.8) is 0 Å². The summed E-state index contributed by atoms with van der Waals surface area (Å²) in [7, 11) is 1.59. The van der Waals surface area contributed by atoms with Gasteiger partial charge in [0.1, 0.15) is 12.4 Å². The molecule has 2 amide bonds. The number of fused-ring (bicyclic) bond motifs is 2. The van der Waals surface area contributed by atoms with Crippen molar-refractivity contribution in [3.05, 3.63) is 60.4 Å². The molecule has 2 aliphatic heterocycles. The molecule has 200 valence electrons. The summed E-state index contributed by atoms with van der Waals surface area (Å²) in [4.78, 5) is 37.4. The van der Waals surface area contributed by atoms with E-state index in [1.54, 1.807) is 25.4 Å². The van der Waals surface area contributed by atoms with Gasteiger partial charge in [-0.05, 0) is 55.8 Å². The van der Waals surface area contributed by atoms with Crippen molar-refractivity contribution in [1.29, 1.82) is 0 Å². The van der Waals surface area contributed by atoms with Gasteiger partial charge >= 0.3 is 0 Å². The van der Waals surface area contributed by atoms with Gasteiger partial charge in [-0.1, -0.05) is 14.0 Å². The SMILES string of the molecule is C.C=CC(=O)Nc1cc(-c2nccc(-c3cc4c([nH]3)C3(CCCNC3)CNC4=O)n2)ccc1OCCOC. The third-order valence-corrected chi connectivity index (χ3v) is 6.81. The van der Waals surface area contributed by atoms with E-state index >= 15 is 0 Å². The Kier molecular flexibility index (Phi) is 8.23. The van der Waals surface area contributed by atoms with E-state index in [4.69, 9.17) is 14.5 Å². The fourth-order valence-electron chi connectivity index (χ4n) is 4.91. The average molecular weight is 519 g/mol. The summed E-state index contributed by atoms with van der Waals surface area (Å²) in [6.07, 6.45) is 4.93. The number of ether oxygens (including phenoxy) is 2. The molecule has 3 aromatic rings. The third-order valence-electron chi connectivity index (χ3n) is 6.81. The second-order valence-electron chi connectivity index (χ2n) is 9.23. The molecule has 0 radical (unpaired) electrons. The Balaban J connectivity index is 0.00000336. The van der Waals surface area contributed by atoms with Crippen LogP contribution >= 0.6 is 0 Å². The number of H-pyrrole nitrogens is 1. The van der Waals surface area contributed by atoms with Gasteiger partial charge in [-0.15, -0.1) is 0 Å². The Bertz CT molecular complexity index is 1330. The highest BCUT2D eigenvalue weighted by atomic mass is 16.5. The van der Waals surface area contributed by atoms with Crippen molar-refractivity contribution in [2.24, 2.45) is 0 Å². The molecule has 1 atom stereocenters. The first kappa shape index (κ1) is 27.0. The lowest BCUT2D eigenvalue weighted by molar-refractivity contribution is -0.111. The molecule has 10 nitrogen and oxygen atoms in total. The molecule has 2 aliphatic rings. The first-order valence-corrected chi connectivity index (χ1v) is 12.3. The molecule has 5 rings (SSSR count). The topological polar surface area (TPSA) is 130 Å². The average Bonchev–Trinajstić information content (AvgIpc) is 3.40. The van der Waals surface area contributed by atoms with Crippen molar-refractivity contribution in [2.75, 3.05) is 45.3 Å². The van der Waals surface area contributed by atoms with E-state index in [1.807, 2.05) is 18.2 Å². The van der Waals surface area contributed by atoms with Crippen LogP contribution in [0.15, 0.2) is 49.2 Å². The van der Waals surface area contributed by atoms with Gasteiger partial charge in [0, 0.05) is 43.1 Å². The number of aromatic nitrogens is 3. The predicted molar refractivity (Wildman–Crippen MR) is 146 cm³/mol. The minimum Gasteiger partial charge on any atom is -0.489 e. The number of aromatic amines is 1. The highest BCUT2D eigenvalue weighted by Crippen LogP contribution is 2.37. The Hall–Kier alpha value is -4.02. The molecule has 1 spiro atoms. The summed E-state index contributed by atoms with van der Waals surface area (Å²) in [6, 6.07) is 9.04. The molecular weight excluding hydrogens is 484 g/mol. The van der Waals surface area contributed by atoms with Gasteiger partial charge in [0.2, 0.25) is 5.91 Å². The Morgan fingerprint density at radius 3 is 2.87 bits per heavy atom. The van der Waals surface area contributed by atoms with E-state index in [-0.39, 0.29) is 24.7 Å². The molecule has 1 aromatic carbocycles. The van der Waals surface area contributed by atoms with E-state index in [0.717, 1.165) is 37.3 Å². The van der Waals surface area contributed by atoms with Crippen LogP contribution in [0.2, 0.25) is 0 Å². The number of methoxy groups -OCH3 is 1. The van der Waals surface area contributed by atoms with Gasteiger partial charge in [-0.2, -0.15) is 0 Å². The minimum absolute atomic E-state index is 0. The van der Waals surface area contributed by atoms with Crippen LogP contribution < -0.4 is 20.7 Å². The molecule has 4 heterocycles. The van der Waals surface area contributed by atoms with Gasteiger partial charge in [-0.3, -0.25) is 9.59 Å². The van der Waals surface area contributed by atoms with Crippen molar-refractivity contribution in [1.82, 2.24) is 25.6 Å². The molecule has 1 saturated heterocycles. The number of amides is 2. The maximum atomic E-state index is 12.7. The molecule has 0 aliphatic carbocycles. The Morgan fingerprint density at radius 1 is 1.24 bits per heavy atom. The summed E-state index contributed by atoms with van der Waals surface area (Å²) in [6.45, 7) is 6.67. The zero-order chi connectivity index (χ0) is 25.8. The summed E-state index contributed by atoms with van der Waals surface area (Å²) in [5.41, 5.74) is 4.09. The van der Waals surface area contributed by atoms with Crippen LogP contribution in [-0.2, 0) is 14.9 Å². The third kappa shape index (κ3) is 5.32. The summed E-state index contributed by atoms with van der Waals surface area (Å²) in [5.74, 6) is 0.544. The molecule has 0 saturated carbocycles. The molecule has 1 unspecified atom stereocenters. The van der Waals surface area contributed by atoms with Crippen molar-refractivity contribution in [3.8, 4) is 28.5 Å². The van der Waals surface area contributed by atoms with Gasteiger partial charge in [0.05, 0.1) is 29.2 Å². The quantitative estimate of drug-likeness (QED) is 0.266. The summed E-state index contributed by atoms with van der Waals surface area (Å²) < 4.78 is 10.8. The number of anilines is 1. The van der Waals surface area contributed by atoms with Crippen molar-refractivity contribution in [2.45, 2.75) is 25.7 Å². The molecule has 1 fully saturated rings. The number of carbonyl (C=O) groups is 2. The monoisotopic (exact) mass is 518 g/mol. The first-order valence-electron chi connectivity index (χ1n) is 12.3. The molecule has 10 heteroatoms. The summed E-state index contributed by atoms with van der Waals surface area (Å²) >= 11 is 0. The van der Waals surface area contributed by atoms with Crippen LogP contribution in [0, 0.1) is 0 Å². The fourth-order valence-corrected chi connectivity index (χ4v) is 4.91. The van der Waals surface area contributed by atoms with Gasteiger partial charge in [0.15, 0.2) is 5.82 Å². The van der Waals surface area contributed by atoms with Crippen LogP contribution in [0.5, 0.6) is 5.75 Å². The molecule has 4 N–H and O–H groups in total. The van der Waals surface area contributed by atoms with Gasteiger partial charge in [0.25, 0.3) is 5.91 Å². The van der Waals surface area contributed by atoms with Crippen LogP contribution in [0.4, 0.5) is 5.69 Å². The standard InChI is InChI=1S/C27H30N6O4.CH4/c1-3-23(34)31-21-13-17(5-6-22(21)37-12-11-36-2)25-29-10-7-19(33-25)20-14-18-24(32-20)27(16-30-26(18)35)8-4-9-28-15-27;/h3,5-7,10,13-14,28,32H,1,4,8-9,11-12,15-16H2,2H3,(H,30,35)(H,31,34);1H4. The van der Waals surface area contributed by atoms with Crippen LogP contribution in [0.25, 0.3) is 22.8 Å². The number of nitrogens with zero attached hydrogens (tertiary/aromatic N) is 2. The van der Waals surface area contributed by atoms with E-state index in [9.17, 15) is 9.59 Å². The largest absolute Gasteiger partial charge is 0.489 e. The number of piperidine rings is 1. The first-order chi connectivity index (χ1) is 18.0. The van der Waals surface area contributed by atoms with Gasteiger partial charge < -0.3 is 30.4 Å². The number of rotatable bonds is 8. The fraction of sp³-hybridized carbons (Fsp3) is 0.357. The number of nitrogens with one attached hydrogen (secondary N) is 4. The highest BCUT2D eigenvalue weighted by molar-refractivity contribution is 6.00. The zero-order valence-corrected chi connectivity index (χ0v) is 20.7. The smallest absolute Gasteiger partial charge is 0.253 e. The Morgan fingerprint density at radius 2 is 2.11 bits per heavy atom.